The second kappa shape index (κ2) is 8.84. The second-order valence-electron chi connectivity index (χ2n) is 4.98. The number of aliphatic hydroxyl groups is 4. The molecule has 0 aromatic carbocycles. The molecular weight excluding hydrogens is 252 g/mol. The van der Waals surface area contributed by atoms with Gasteiger partial charge in [0.15, 0.2) is 6.29 Å². The lowest BCUT2D eigenvalue weighted by Crippen LogP contribution is -2.59. The van der Waals surface area contributed by atoms with Crippen LogP contribution in [-0.4, -0.2) is 64.3 Å². The third kappa shape index (κ3) is 4.98. The summed E-state index contributed by atoms with van der Waals surface area (Å²) in [6, 6.07) is 0. The number of rotatable bonds is 8. The molecule has 4 N–H and O–H groups in total. The predicted octanol–water partition coefficient (Wildman–Crippen LogP) is -0.227. The summed E-state index contributed by atoms with van der Waals surface area (Å²) >= 11 is 0. The lowest BCUT2D eigenvalue weighted by molar-refractivity contribution is -0.296. The molecule has 0 radical (unpaired) electrons. The van der Waals surface area contributed by atoms with Crippen molar-refractivity contribution < 1.29 is 29.9 Å². The van der Waals surface area contributed by atoms with E-state index in [9.17, 15) is 15.3 Å². The average molecular weight is 278 g/mol. The van der Waals surface area contributed by atoms with E-state index in [-0.39, 0.29) is 0 Å². The number of ether oxygens (including phenoxy) is 2. The monoisotopic (exact) mass is 278 g/mol. The minimum absolute atomic E-state index is 0.405. The van der Waals surface area contributed by atoms with E-state index < -0.39 is 37.3 Å². The number of aliphatic hydroxyl groups excluding tert-OH is 4. The van der Waals surface area contributed by atoms with E-state index in [1.807, 2.05) is 0 Å². The molecule has 1 aliphatic heterocycles. The van der Waals surface area contributed by atoms with Crippen LogP contribution in [0.2, 0.25) is 0 Å². The van der Waals surface area contributed by atoms with Gasteiger partial charge in [-0.05, 0) is 6.42 Å². The van der Waals surface area contributed by atoms with E-state index >= 15 is 0 Å². The van der Waals surface area contributed by atoms with Crippen LogP contribution >= 0.6 is 0 Å². The first-order valence-corrected chi connectivity index (χ1v) is 7.04. The molecule has 0 aromatic heterocycles. The molecule has 6 nitrogen and oxygen atoms in total. The van der Waals surface area contributed by atoms with Crippen LogP contribution in [0.3, 0.4) is 0 Å². The second-order valence-corrected chi connectivity index (χ2v) is 4.98. The maximum absolute atomic E-state index is 9.82. The first-order chi connectivity index (χ1) is 9.11. The zero-order valence-electron chi connectivity index (χ0n) is 11.4. The van der Waals surface area contributed by atoms with Crippen molar-refractivity contribution in [2.75, 3.05) is 13.2 Å². The van der Waals surface area contributed by atoms with Gasteiger partial charge in [0, 0.05) is 6.61 Å². The summed E-state index contributed by atoms with van der Waals surface area (Å²) in [5.74, 6) is 0. The van der Waals surface area contributed by atoms with Gasteiger partial charge < -0.3 is 29.9 Å². The largest absolute Gasteiger partial charge is 0.394 e. The molecule has 0 saturated carbocycles. The molecule has 0 unspecified atom stereocenters. The van der Waals surface area contributed by atoms with Gasteiger partial charge in [0.2, 0.25) is 0 Å². The van der Waals surface area contributed by atoms with Crippen LogP contribution in [0.15, 0.2) is 0 Å². The number of unbranched alkanes of at least 4 members (excludes halogenated alkanes) is 4. The van der Waals surface area contributed by atoms with Gasteiger partial charge in [-0.25, -0.2) is 0 Å². The highest BCUT2D eigenvalue weighted by molar-refractivity contribution is 4.89. The molecule has 0 spiro atoms. The summed E-state index contributed by atoms with van der Waals surface area (Å²) in [5.41, 5.74) is 0. The molecule has 1 aliphatic rings. The van der Waals surface area contributed by atoms with Crippen molar-refractivity contribution in [3.63, 3.8) is 0 Å². The van der Waals surface area contributed by atoms with Gasteiger partial charge in [-0.3, -0.25) is 0 Å². The first kappa shape index (κ1) is 16.8. The van der Waals surface area contributed by atoms with Gasteiger partial charge in [0.25, 0.3) is 0 Å². The molecule has 0 aliphatic carbocycles. The summed E-state index contributed by atoms with van der Waals surface area (Å²) < 4.78 is 10.4. The van der Waals surface area contributed by atoms with Crippen molar-refractivity contribution >= 4 is 0 Å². The zero-order chi connectivity index (χ0) is 14.3. The summed E-state index contributed by atoms with van der Waals surface area (Å²) in [4.78, 5) is 0. The highest BCUT2D eigenvalue weighted by Gasteiger charge is 2.44. The fraction of sp³-hybridized carbons (Fsp3) is 1.00. The SMILES string of the molecule is CCCCCCCO[C@@H]1[C@@H](O)[C@H](O)[C@@H](CO)O[C@H]1O. The number of hydrogen-bond donors (Lipinski definition) is 4. The minimum Gasteiger partial charge on any atom is -0.394 e. The van der Waals surface area contributed by atoms with E-state index in [2.05, 4.69) is 6.92 Å². The van der Waals surface area contributed by atoms with E-state index in [4.69, 9.17) is 14.6 Å². The van der Waals surface area contributed by atoms with Crippen LogP contribution < -0.4 is 0 Å². The summed E-state index contributed by atoms with van der Waals surface area (Å²) in [7, 11) is 0. The Labute approximate surface area is 114 Å². The van der Waals surface area contributed by atoms with Crippen molar-refractivity contribution in [2.45, 2.75) is 69.7 Å². The van der Waals surface area contributed by atoms with Crippen LogP contribution in [-0.2, 0) is 9.47 Å². The lowest BCUT2D eigenvalue weighted by atomic mass is 9.99. The van der Waals surface area contributed by atoms with Crippen molar-refractivity contribution in [3.05, 3.63) is 0 Å². The Morgan fingerprint density at radius 3 is 2.32 bits per heavy atom. The Hall–Kier alpha value is -0.240. The van der Waals surface area contributed by atoms with E-state index in [1.54, 1.807) is 0 Å². The Morgan fingerprint density at radius 1 is 1.00 bits per heavy atom. The summed E-state index contributed by atoms with van der Waals surface area (Å²) in [6.45, 7) is 2.09. The van der Waals surface area contributed by atoms with Crippen LogP contribution in [0.5, 0.6) is 0 Å². The Kier molecular flexibility index (Phi) is 7.82. The molecule has 1 rings (SSSR count). The molecule has 0 bridgehead atoms. The average Bonchev–Trinajstić information content (AvgIpc) is 2.41. The van der Waals surface area contributed by atoms with Gasteiger partial charge in [-0.1, -0.05) is 32.6 Å². The number of hydrogen-bond acceptors (Lipinski definition) is 6. The topological polar surface area (TPSA) is 99.4 Å². The normalized spacial score (nSPS) is 35.5. The maximum atomic E-state index is 9.82. The third-order valence-corrected chi connectivity index (χ3v) is 3.40. The van der Waals surface area contributed by atoms with Crippen molar-refractivity contribution in [1.82, 2.24) is 0 Å². The fourth-order valence-electron chi connectivity index (χ4n) is 2.18. The quantitative estimate of drug-likeness (QED) is 0.458. The van der Waals surface area contributed by atoms with E-state index in [0.29, 0.717) is 6.61 Å². The van der Waals surface area contributed by atoms with Gasteiger partial charge in [-0.15, -0.1) is 0 Å². The molecule has 114 valence electrons. The molecule has 1 saturated heterocycles. The Morgan fingerprint density at radius 2 is 1.68 bits per heavy atom. The fourth-order valence-corrected chi connectivity index (χ4v) is 2.18. The molecule has 0 amide bonds. The third-order valence-electron chi connectivity index (χ3n) is 3.40. The van der Waals surface area contributed by atoms with Crippen LogP contribution in [0, 0.1) is 0 Å². The zero-order valence-corrected chi connectivity index (χ0v) is 11.4. The smallest absolute Gasteiger partial charge is 0.184 e. The molecular formula is C13H26O6. The molecule has 5 atom stereocenters. The molecule has 6 heteroatoms. The van der Waals surface area contributed by atoms with Crippen molar-refractivity contribution in [1.29, 1.82) is 0 Å². The Balaban J connectivity index is 2.28. The van der Waals surface area contributed by atoms with Crippen LogP contribution in [0.4, 0.5) is 0 Å². The molecule has 1 fully saturated rings. The van der Waals surface area contributed by atoms with Crippen molar-refractivity contribution in [2.24, 2.45) is 0 Å². The standard InChI is InChI=1S/C13H26O6/c1-2-3-4-5-6-7-18-12-11(16)10(15)9(8-14)19-13(12)17/h9-17H,2-8H2,1H3/t9-,10-,11+,12-,13-/m1/s1. The van der Waals surface area contributed by atoms with Crippen LogP contribution in [0.25, 0.3) is 0 Å². The molecule has 0 aromatic rings. The van der Waals surface area contributed by atoms with E-state index in [0.717, 1.165) is 19.3 Å². The van der Waals surface area contributed by atoms with Gasteiger partial charge in [0.1, 0.15) is 24.4 Å². The highest BCUT2D eigenvalue weighted by atomic mass is 16.7. The van der Waals surface area contributed by atoms with Crippen molar-refractivity contribution in [3.8, 4) is 0 Å². The molecule has 1 heterocycles. The predicted molar refractivity (Wildman–Crippen MR) is 68.5 cm³/mol. The summed E-state index contributed by atoms with van der Waals surface area (Å²) in [5, 5.41) is 38.1. The van der Waals surface area contributed by atoms with Gasteiger partial charge >= 0.3 is 0 Å². The maximum Gasteiger partial charge on any atom is 0.184 e. The lowest BCUT2D eigenvalue weighted by Gasteiger charge is -2.39. The van der Waals surface area contributed by atoms with E-state index in [1.165, 1.54) is 12.8 Å². The van der Waals surface area contributed by atoms with Gasteiger partial charge in [-0.2, -0.15) is 0 Å². The highest BCUT2D eigenvalue weighted by Crippen LogP contribution is 2.22. The molecule has 19 heavy (non-hydrogen) atoms. The first-order valence-electron chi connectivity index (χ1n) is 7.04. The van der Waals surface area contributed by atoms with Crippen LogP contribution in [0.1, 0.15) is 39.0 Å². The Bertz CT molecular complexity index is 237. The summed E-state index contributed by atoms with van der Waals surface area (Å²) in [6.07, 6.45) is -0.399. The minimum atomic E-state index is -1.33. The van der Waals surface area contributed by atoms with Gasteiger partial charge in [0.05, 0.1) is 6.61 Å².